The van der Waals surface area contributed by atoms with Crippen molar-refractivity contribution in [2.45, 2.75) is 12.5 Å². The average Bonchev–Trinajstić information content (AvgIpc) is 2.64. The predicted octanol–water partition coefficient (Wildman–Crippen LogP) is 0.625. The molecule has 84 valence electrons. The molecule has 1 unspecified atom stereocenters. The van der Waals surface area contributed by atoms with Gasteiger partial charge >= 0.3 is 0 Å². The molecule has 16 heavy (non-hydrogen) atoms. The topological polar surface area (TPSA) is 63.8 Å². The largest absolute Gasteiger partial charge is 0.388 e. The Balaban J connectivity index is 2.14. The molecule has 0 fully saturated rings. The monoisotopic (exact) mass is 222 g/mol. The van der Waals surface area contributed by atoms with E-state index in [0.717, 1.165) is 0 Å². The second-order valence-corrected chi connectivity index (χ2v) is 3.44. The van der Waals surface area contributed by atoms with Crippen LogP contribution in [0.1, 0.15) is 17.5 Å². The standard InChI is InChI=1S/C10H11FN4O/c1-15-13-10(12-14-15)6-9(16)7-4-2-3-5-8(7)11/h2-5,9,16H,6H2,1H3. The smallest absolute Gasteiger partial charge is 0.177 e. The van der Waals surface area contributed by atoms with Gasteiger partial charge in [0.15, 0.2) is 5.82 Å². The summed E-state index contributed by atoms with van der Waals surface area (Å²) in [7, 11) is 1.63. The molecular weight excluding hydrogens is 211 g/mol. The maximum atomic E-state index is 13.3. The van der Waals surface area contributed by atoms with Gasteiger partial charge in [0, 0.05) is 12.0 Å². The van der Waals surface area contributed by atoms with Crippen molar-refractivity contribution >= 4 is 0 Å². The number of hydrogen-bond acceptors (Lipinski definition) is 4. The summed E-state index contributed by atoms with van der Waals surface area (Å²) < 4.78 is 13.3. The minimum Gasteiger partial charge on any atom is -0.388 e. The third-order valence-corrected chi connectivity index (χ3v) is 2.19. The number of aliphatic hydroxyl groups excluding tert-OH is 1. The zero-order valence-electron chi connectivity index (χ0n) is 8.71. The lowest BCUT2D eigenvalue weighted by Crippen LogP contribution is -2.06. The molecule has 0 aliphatic carbocycles. The first-order chi connectivity index (χ1) is 7.66. The molecule has 1 atom stereocenters. The van der Waals surface area contributed by atoms with E-state index in [-0.39, 0.29) is 12.0 Å². The van der Waals surface area contributed by atoms with Gasteiger partial charge in [-0.1, -0.05) is 18.2 Å². The summed E-state index contributed by atoms with van der Waals surface area (Å²) >= 11 is 0. The molecule has 0 bridgehead atoms. The lowest BCUT2D eigenvalue weighted by molar-refractivity contribution is 0.171. The molecule has 1 heterocycles. The Morgan fingerprint density at radius 2 is 2.19 bits per heavy atom. The van der Waals surface area contributed by atoms with Gasteiger partial charge in [-0.15, -0.1) is 10.2 Å². The molecule has 1 N–H and O–H groups in total. The number of rotatable bonds is 3. The number of aromatic nitrogens is 4. The highest BCUT2D eigenvalue weighted by molar-refractivity contribution is 5.20. The number of aliphatic hydroxyl groups is 1. The summed E-state index contributed by atoms with van der Waals surface area (Å²) in [5.41, 5.74) is 0.245. The fourth-order valence-electron chi connectivity index (χ4n) is 1.43. The molecule has 1 aromatic heterocycles. The number of hydrogen-bond donors (Lipinski definition) is 1. The van der Waals surface area contributed by atoms with Crippen LogP contribution in [0.3, 0.4) is 0 Å². The number of tetrazole rings is 1. The van der Waals surface area contributed by atoms with E-state index in [1.807, 2.05) is 0 Å². The second-order valence-electron chi connectivity index (χ2n) is 3.44. The van der Waals surface area contributed by atoms with Crippen LogP contribution in [0, 0.1) is 5.82 Å². The molecule has 2 aromatic rings. The van der Waals surface area contributed by atoms with Gasteiger partial charge < -0.3 is 5.11 Å². The summed E-state index contributed by atoms with van der Waals surface area (Å²) in [6.07, 6.45) is -0.806. The van der Waals surface area contributed by atoms with Gasteiger partial charge in [-0.05, 0) is 11.3 Å². The highest BCUT2D eigenvalue weighted by atomic mass is 19.1. The van der Waals surface area contributed by atoms with E-state index in [1.54, 1.807) is 19.2 Å². The minimum atomic E-state index is -0.953. The third-order valence-electron chi connectivity index (χ3n) is 2.19. The quantitative estimate of drug-likeness (QED) is 0.827. The van der Waals surface area contributed by atoms with Crippen LogP contribution in [0.4, 0.5) is 4.39 Å². The molecule has 0 aliphatic heterocycles. The molecule has 0 radical (unpaired) electrons. The van der Waals surface area contributed by atoms with Gasteiger partial charge in [-0.3, -0.25) is 0 Å². The third kappa shape index (κ3) is 2.22. The molecular formula is C10H11FN4O. The zero-order valence-corrected chi connectivity index (χ0v) is 8.71. The van der Waals surface area contributed by atoms with Gasteiger partial charge in [0.25, 0.3) is 0 Å². The first-order valence-corrected chi connectivity index (χ1v) is 4.82. The summed E-state index contributed by atoms with van der Waals surface area (Å²) in [6.45, 7) is 0. The fraction of sp³-hybridized carbons (Fsp3) is 0.300. The normalized spacial score (nSPS) is 12.7. The molecule has 2 rings (SSSR count). The Bertz CT molecular complexity index is 485. The van der Waals surface area contributed by atoms with Crippen LogP contribution < -0.4 is 0 Å². The molecule has 0 aliphatic rings. The molecule has 1 aromatic carbocycles. The SMILES string of the molecule is Cn1nnc(CC(O)c2ccccc2F)n1. The highest BCUT2D eigenvalue weighted by Gasteiger charge is 2.15. The van der Waals surface area contributed by atoms with Gasteiger partial charge in [0.2, 0.25) is 0 Å². The number of nitrogens with zero attached hydrogens (tertiary/aromatic N) is 4. The van der Waals surface area contributed by atoms with Crippen molar-refractivity contribution in [2.24, 2.45) is 7.05 Å². The van der Waals surface area contributed by atoms with Crippen LogP contribution >= 0.6 is 0 Å². The van der Waals surface area contributed by atoms with Crippen LogP contribution in [0.15, 0.2) is 24.3 Å². The Kier molecular flexibility index (Phi) is 2.91. The first kappa shape index (κ1) is 10.7. The Morgan fingerprint density at radius 1 is 1.44 bits per heavy atom. The van der Waals surface area contributed by atoms with Crippen LogP contribution in [0.2, 0.25) is 0 Å². The van der Waals surface area contributed by atoms with Crippen molar-refractivity contribution in [1.82, 2.24) is 20.2 Å². The highest BCUT2D eigenvalue weighted by Crippen LogP contribution is 2.19. The zero-order chi connectivity index (χ0) is 11.5. The van der Waals surface area contributed by atoms with Crippen LogP contribution in [-0.4, -0.2) is 25.3 Å². The van der Waals surface area contributed by atoms with Crippen molar-refractivity contribution in [3.05, 3.63) is 41.5 Å². The first-order valence-electron chi connectivity index (χ1n) is 4.82. The van der Waals surface area contributed by atoms with Gasteiger partial charge in [-0.25, -0.2) is 4.39 Å². The van der Waals surface area contributed by atoms with Gasteiger partial charge in [0.1, 0.15) is 5.82 Å². The molecule has 0 amide bonds. The number of benzene rings is 1. The molecule has 5 nitrogen and oxygen atoms in total. The molecule has 0 saturated carbocycles. The Labute approximate surface area is 91.5 Å². The molecule has 0 saturated heterocycles. The van der Waals surface area contributed by atoms with Crippen molar-refractivity contribution in [2.75, 3.05) is 0 Å². The van der Waals surface area contributed by atoms with Crippen LogP contribution in [-0.2, 0) is 13.5 Å². The average molecular weight is 222 g/mol. The summed E-state index contributed by atoms with van der Waals surface area (Å²) in [5.74, 6) is -0.0443. The minimum absolute atomic E-state index is 0.148. The van der Waals surface area contributed by atoms with Crippen molar-refractivity contribution in [3.8, 4) is 0 Å². The summed E-state index contributed by atoms with van der Waals surface area (Å²) in [4.78, 5) is 1.30. The number of aryl methyl sites for hydroxylation is 1. The maximum Gasteiger partial charge on any atom is 0.177 e. The predicted molar refractivity (Wildman–Crippen MR) is 53.9 cm³/mol. The van der Waals surface area contributed by atoms with Gasteiger partial charge in [-0.2, -0.15) is 4.80 Å². The molecule has 6 heteroatoms. The second kappa shape index (κ2) is 4.36. The van der Waals surface area contributed by atoms with Crippen molar-refractivity contribution < 1.29 is 9.50 Å². The Morgan fingerprint density at radius 3 is 2.81 bits per heavy atom. The lowest BCUT2D eigenvalue weighted by Gasteiger charge is -2.08. The number of halogens is 1. The maximum absolute atomic E-state index is 13.3. The van der Waals surface area contributed by atoms with Crippen LogP contribution in [0.25, 0.3) is 0 Å². The van der Waals surface area contributed by atoms with E-state index in [4.69, 9.17) is 0 Å². The van der Waals surface area contributed by atoms with E-state index < -0.39 is 11.9 Å². The van der Waals surface area contributed by atoms with E-state index in [1.165, 1.54) is 16.9 Å². The van der Waals surface area contributed by atoms with Crippen molar-refractivity contribution in [3.63, 3.8) is 0 Å². The van der Waals surface area contributed by atoms with Gasteiger partial charge in [0.05, 0.1) is 13.2 Å². The van der Waals surface area contributed by atoms with Crippen molar-refractivity contribution in [1.29, 1.82) is 0 Å². The Hall–Kier alpha value is -1.82. The van der Waals surface area contributed by atoms with E-state index >= 15 is 0 Å². The van der Waals surface area contributed by atoms with E-state index in [9.17, 15) is 9.50 Å². The molecule has 0 spiro atoms. The van der Waals surface area contributed by atoms with E-state index in [2.05, 4.69) is 15.4 Å². The van der Waals surface area contributed by atoms with Crippen LogP contribution in [0.5, 0.6) is 0 Å². The van der Waals surface area contributed by atoms with E-state index in [0.29, 0.717) is 5.82 Å². The summed E-state index contributed by atoms with van der Waals surface area (Å²) in [5, 5.41) is 21.1. The summed E-state index contributed by atoms with van der Waals surface area (Å²) in [6, 6.07) is 6.09. The lowest BCUT2D eigenvalue weighted by atomic mass is 10.1. The fourth-order valence-corrected chi connectivity index (χ4v) is 1.43.